The molecule has 0 bridgehead atoms. The number of hydrogen-bond donors (Lipinski definition) is 1. The molecule has 1 rings (SSSR count). The third kappa shape index (κ3) is 4.14. The Morgan fingerprint density at radius 1 is 1.12 bits per heavy atom. The van der Waals surface area contributed by atoms with Crippen molar-refractivity contribution in [3.63, 3.8) is 0 Å². The van der Waals surface area contributed by atoms with Gasteiger partial charge in [-0.25, -0.2) is 0 Å². The largest absolute Gasteiger partial charge is 0.312 e. The van der Waals surface area contributed by atoms with Crippen LogP contribution < -0.4 is 5.32 Å². The predicted molar refractivity (Wildman–Crippen MR) is 75.5 cm³/mol. The molecule has 96 valence electrons. The van der Waals surface area contributed by atoms with E-state index in [4.69, 9.17) is 0 Å². The fourth-order valence-electron chi connectivity index (χ4n) is 2.07. The normalized spacial score (nSPS) is 13.4. The molecule has 0 aliphatic rings. The van der Waals surface area contributed by atoms with Crippen molar-refractivity contribution < 1.29 is 0 Å². The van der Waals surface area contributed by atoms with E-state index in [1.807, 2.05) is 7.05 Å². The molecule has 0 aliphatic heterocycles. The van der Waals surface area contributed by atoms with Crippen LogP contribution in [0.1, 0.15) is 36.6 Å². The monoisotopic (exact) mass is 234 g/mol. The summed E-state index contributed by atoms with van der Waals surface area (Å²) in [5, 5.41) is 3.42. The van der Waals surface area contributed by atoms with Crippen LogP contribution in [0.2, 0.25) is 0 Å². The molecule has 0 radical (unpaired) electrons. The maximum absolute atomic E-state index is 3.42. The summed E-state index contributed by atoms with van der Waals surface area (Å²) in [6.07, 6.45) is 0. The fraction of sp³-hybridized carbons (Fsp3) is 0.600. The van der Waals surface area contributed by atoms with Crippen LogP contribution in [0, 0.1) is 13.8 Å². The molecule has 0 heterocycles. The Bertz CT molecular complexity index is 338. The highest BCUT2D eigenvalue weighted by atomic mass is 15.1. The van der Waals surface area contributed by atoms with Gasteiger partial charge in [-0.15, -0.1) is 0 Å². The molecule has 1 aromatic rings. The van der Waals surface area contributed by atoms with E-state index < -0.39 is 0 Å². The second-order valence-corrected chi connectivity index (χ2v) is 5.30. The minimum absolute atomic E-state index is 0.404. The molecule has 1 unspecified atom stereocenters. The molecule has 0 saturated carbocycles. The number of hydrogen-bond acceptors (Lipinski definition) is 2. The van der Waals surface area contributed by atoms with Crippen molar-refractivity contribution in [3.05, 3.63) is 34.9 Å². The van der Waals surface area contributed by atoms with E-state index in [0.29, 0.717) is 12.1 Å². The van der Waals surface area contributed by atoms with Crippen LogP contribution in [-0.4, -0.2) is 31.6 Å². The first-order valence-corrected chi connectivity index (χ1v) is 6.39. The first-order valence-electron chi connectivity index (χ1n) is 6.39. The quantitative estimate of drug-likeness (QED) is 0.842. The predicted octanol–water partition coefficient (Wildman–Crippen LogP) is 2.90. The van der Waals surface area contributed by atoms with Gasteiger partial charge in [0.2, 0.25) is 0 Å². The molecule has 2 nitrogen and oxygen atoms in total. The summed E-state index contributed by atoms with van der Waals surface area (Å²) in [6.45, 7) is 9.82. The Morgan fingerprint density at radius 2 is 1.65 bits per heavy atom. The Balaban J connectivity index is 2.86. The molecule has 1 atom stereocenters. The van der Waals surface area contributed by atoms with Crippen molar-refractivity contribution in [2.45, 2.75) is 39.8 Å². The molecule has 0 amide bonds. The van der Waals surface area contributed by atoms with E-state index in [1.54, 1.807) is 0 Å². The summed E-state index contributed by atoms with van der Waals surface area (Å²) in [4.78, 5) is 2.37. The van der Waals surface area contributed by atoms with Crippen LogP contribution in [0.4, 0.5) is 0 Å². The van der Waals surface area contributed by atoms with Crippen molar-refractivity contribution in [2.24, 2.45) is 0 Å². The molecule has 0 spiro atoms. The Hall–Kier alpha value is -0.860. The van der Waals surface area contributed by atoms with Gasteiger partial charge in [0.15, 0.2) is 0 Å². The Kier molecular flexibility index (Phi) is 5.16. The zero-order valence-corrected chi connectivity index (χ0v) is 12.0. The van der Waals surface area contributed by atoms with E-state index in [-0.39, 0.29) is 0 Å². The first kappa shape index (κ1) is 14.2. The van der Waals surface area contributed by atoms with E-state index in [9.17, 15) is 0 Å². The molecule has 1 N–H and O–H groups in total. The number of benzene rings is 1. The lowest BCUT2D eigenvalue weighted by atomic mass is 10.0. The highest BCUT2D eigenvalue weighted by molar-refractivity contribution is 5.30. The van der Waals surface area contributed by atoms with E-state index >= 15 is 0 Å². The molecule has 2 heteroatoms. The van der Waals surface area contributed by atoms with Gasteiger partial charge in [0, 0.05) is 18.6 Å². The van der Waals surface area contributed by atoms with Crippen molar-refractivity contribution >= 4 is 0 Å². The summed E-state index contributed by atoms with van der Waals surface area (Å²) in [5.74, 6) is 0. The summed E-state index contributed by atoms with van der Waals surface area (Å²) >= 11 is 0. The van der Waals surface area contributed by atoms with Gasteiger partial charge in [-0.05, 0) is 47.4 Å². The summed E-state index contributed by atoms with van der Waals surface area (Å²) in [6, 6.07) is 7.77. The van der Waals surface area contributed by atoms with Crippen LogP contribution in [0.3, 0.4) is 0 Å². The van der Waals surface area contributed by atoms with Crippen LogP contribution in [0.15, 0.2) is 18.2 Å². The topological polar surface area (TPSA) is 15.3 Å². The lowest BCUT2D eigenvalue weighted by Crippen LogP contribution is -2.35. The van der Waals surface area contributed by atoms with Crippen molar-refractivity contribution in [3.8, 4) is 0 Å². The van der Waals surface area contributed by atoms with Crippen LogP contribution >= 0.6 is 0 Å². The van der Waals surface area contributed by atoms with Crippen LogP contribution in [-0.2, 0) is 0 Å². The minimum Gasteiger partial charge on any atom is -0.312 e. The number of nitrogens with zero attached hydrogens (tertiary/aromatic N) is 1. The van der Waals surface area contributed by atoms with Gasteiger partial charge in [-0.3, -0.25) is 0 Å². The molecule has 0 saturated heterocycles. The number of rotatable bonds is 5. The van der Waals surface area contributed by atoms with Gasteiger partial charge in [0.25, 0.3) is 0 Å². The highest BCUT2D eigenvalue weighted by Gasteiger charge is 2.14. The second kappa shape index (κ2) is 6.18. The van der Waals surface area contributed by atoms with Crippen LogP contribution in [0.5, 0.6) is 0 Å². The summed E-state index contributed by atoms with van der Waals surface area (Å²) in [5.41, 5.74) is 4.07. The highest BCUT2D eigenvalue weighted by Crippen LogP contribution is 2.18. The zero-order chi connectivity index (χ0) is 13.0. The van der Waals surface area contributed by atoms with Crippen molar-refractivity contribution in [1.82, 2.24) is 10.2 Å². The number of likely N-dealkylation sites (N-methyl/N-ethyl adjacent to an activating group) is 2. The van der Waals surface area contributed by atoms with Gasteiger partial charge >= 0.3 is 0 Å². The third-order valence-electron chi connectivity index (χ3n) is 3.35. The maximum Gasteiger partial charge on any atom is 0.0447 e. The molecule has 0 aromatic heterocycles. The Labute approximate surface area is 106 Å². The molecule has 1 aromatic carbocycles. The molecular formula is C15H26N2. The first-order chi connectivity index (χ1) is 7.93. The molecule has 0 aliphatic carbocycles. The van der Waals surface area contributed by atoms with E-state index in [2.05, 4.69) is 63.2 Å². The van der Waals surface area contributed by atoms with Gasteiger partial charge in [0.1, 0.15) is 0 Å². The van der Waals surface area contributed by atoms with Crippen molar-refractivity contribution in [1.29, 1.82) is 0 Å². The Morgan fingerprint density at radius 3 is 2.06 bits per heavy atom. The number of aryl methyl sites for hydroxylation is 2. The van der Waals surface area contributed by atoms with Gasteiger partial charge in [-0.1, -0.05) is 29.3 Å². The average molecular weight is 234 g/mol. The zero-order valence-electron chi connectivity index (χ0n) is 12.0. The molecule has 17 heavy (non-hydrogen) atoms. The molecular weight excluding hydrogens is 208 g/mol. The van der Waals surface area contributed by atoms with Crippen molar-refractivity contribution in [2.75, 3.05) is 20.6 Å². The van der Waals surface area contributed by atoms with E-state index in [1.165, 1.54) is 16.7 Å². The fourth-order valence-corrected chi connectivity index (χ4v) is 2.07. The van der Waals surface area contributed by atoms with Gasteiger partial charge in [0.05, 0.1) is 0 Å². The maximum atomic E-state index is 3.42. The number of nitrogens with one attached hydrogen (secondary N) is 1. The minimum atomic E-state index is 0.404. The summed E-state index contributed by atoms with van der Waals surface area (Å²) < 4.78 is 0. The smallest absolute Gasteiger partial charge is 0.0447 e. The van der Waals surface area contributed by atoms with Gasteiger partial charge in [-0.2, -0.15) is 0 Å². The van der Waals surface area contributed by atoms with Gasteiger partial charge < -0.3 is 10.2 Å². The summed E-state index contributed by atoms with van der Waals surface area (Å²) in [7, 11) is 4.22. The van der Waals surface area contributed by atoms with Crippen LogP contribution in [0.25, 0.3) is 0 Å². The SMILES string of the molecule is CNC(CN(C)C(C)C)c1cc(C)cc(C)c1. The molecule has 0 fully saturated rings. The lowest BCUT2D eigenvalue weighted by Gasteiger charge is -2.27. The second-order valence-electron chi connectivity index (χ2n) is 5.30. The average Bonchev–Trinajstić information content (AvgIpc) is 2.23. The lowest BCUT2D eigenvalue weighted by molar-refractivity contribution is 0.246. The third-order valence-corrected chi connectivity index (χ3v) is 3.35. The van der Waals surface area contributed by atoms with E-state index in [0.717, 1.165) is 6.54 Å². The standard InChI is InChI=1S/C15H26N2/c1-11(2)17(6)10-15(16-5)14-8-12(3)7-13(4)9-14/h7-9,11,15-16H,10H2,1-6H3.